The number of nitrogens with zero attached hydrogens (tertiary/aromatic N) is 1. The van der Waals surface area contributed by atoms with E-state index in [0.29, 0.717) is 23.8 Å². The Morgan fingerprint density at radius 2 is 1.90 bits per heavy atom. The fraction of sp³-hybridized carbons (Fsp3) is 0.615. The van der Waals surface area contributed by atoms with Crippen molar-refractivity contribution in [3.8, 4) is 0 Å². The van der Waals surface area contributed by atoms with Crippen molar-refractivity contribution in [2.24, 2.45) is 0 Å². The van der Waals surface area contributed by atoms with Gasteiger partial charge in [0.1, 0.15) is 5.69 Å². The average Bonchev–Trinajstić information content (AvgIpc) is 2.76. The Kier molecular flexibility index (Phi) is 2.98. The van der Waals surface area contributed by atoms with E-state index in [4.69, 9.17) is 20.9 Å². The van der Waals surface area contributed by atoms with Gasteiger partial charge in [0.15, 0.2) is 0 Å². The Balaban J connectivity index is 1.99. The van der Waals surface area contributed by atoms with E-state index < -0.39 is 18.3 Å². The lowest BCUT2D eigenvalue weighted by Crippen LogP contribution is -2.41. The third kappa shape index (κ3) is 1.90. The first kappa shape index (κ1) is 14.0. The minimum Gasteiger partial charge on any atom is -0.399 e. The van der Waals surface area contributed by atoms with E-state index in [1.807, 2.05) is 38.5 Å². The largest absolute Gasteiger partial charge is 0.497 e. The van der Waals surface area contributed by atoms with Crippen LogP contribution in [0.25, 0.3) is 0 Å². The van der Waals surface area contributed by atoms with Crippen LogP contribution in [0.2, 0.25) is 5.02 Å². The van der Waals surface area contributed by atoms with Crippen molar-refractivity contribution in [1.29, 1.82) is 0 Å². The average molecular weight is 297 g/mol. The van der Waals surface area contributed by atoms with Crippen LogP contribution < -0.4 is 10.8 Å². The van der Waals surface area contributed by atoms with Crippen molar-refractivity contribution < 1.29 is 14.1 Å². The van der Waals surface area contributed by atoms with Crippen molar-refractivity contribution in [3.05, 3.63) is 16.9 Å². The Morgan fingerprint density at radius 3 is 2.45 bits per heavy atom. The quantitative estimate of drug-likeness (QED) is 0.792. The number of nitrogens with one attached hydrogen (secondary N) is 1. The highest BCUT2D eigenvalue weighted by atomic mass is 35.5. The molecule has 0 radical (unpaired) electrons. The maximum atomic E-state index is 11.9. The standard InChI is InChI=1S/C13H18BClN2O3/c1-12(2)13(3,4)20-14(19-12)8-7-17-6-5-16-11(18)10(17)9(8)15/h7H,5-6H2,1-4H3,(H,16,18). The molecule has 1 N–H and O–H groups in total. The molecular weight excluding hydrogens is 278 g/mol. The molecule has 2 aliphatic rings. The number of carbonyl (C=O) groups is 1. The van der Waals surface area contributed by atoms with Gasteiger partial charge in [-0.3, -0.25) is 4.79 Å². The van der Waals surface area contributed by atoms with Gasteiger partial charge in [0.05, 0.1) is 16.2 Å². The molecule has 1 amide bonds. The lowest BCUT2D eigenvalue weighted by Gasteiger charge is -2.32. The number of hydrogen-bond donors (Lipinski definition) is 1. The summed E-state index contributed by atoms with van der Waals surface area (Å²) in [4.78, 5) is 11.9. The minimum atomic E-state index is -0.543. The summed E-state index contributed by atoms with van der Waals surface area (Å²) in [7, 11) is -0.543. The molecule has 1 saturated heterocycles. The third-order valence-electron chi connectivity index (χ3n) is 4.40. The highest BCUT2D eigenvalue weighted by Crippen LogP contribution is 2.37. The van der Waals surface area contributed by atoms with Crippen molar-refractivity contribution in [2.45, 2.75) is 45.4 Å². The summed E-state index contributed by atoms with van der Waals surface area (Å²) >= 11 is 6.36. The summed E-state index contributed by atoms with van der Waals surface area (Å²) in [6.07, 6.45) is 1.86. The van der Waals surface area contributed by atoms with Crippen molar-refractivity contribution in [1.82, 2.24) is 9.88 Å². The van der Waals surface area contributed by atoms with Gasteiger partial charge in [-0.15, -0.1) is 0 Å². The van der Waals surface area contributed by atoms with Gasteiger partial charge < -0.3 is 19.2 Å². The molecule has 1 aromatic rings. The van der Waals surface area contributed by atoms with E-state index in [9.17, 15) is 4.79 Å². The molecule has 0 atom stereocenters. The monoisotopic (exact) mass is 296 g/mol. The van der Waals surface area contributed by atoms with Gasteiger partial charge in [0, 0.05) is 24.7 Å². The molecule has 3 rings (SSSR count). The van der Waals surface area contributed by atoms with E-state index in [1.54, 1.807) is 0 Å². The van der Waals surface area contributed by atoms with Crippen molar-refractivity contribution in [3.63, 3.8) is 0 Å². The van der Waals surface area contributed by atoms with Crippen LogP contribution in [0.1, 0.15) is 38.2 Å². The molecule has 2 aliphatic heterocycles. The molecule has 5 nitrogen and oxygen atoms in total. The highest BCUT2D eigenvalue weighted by molar-refractivity contribution is 6.66. The second kappa shape index (κ2) is 4.26. The van der Waals surface area contributed by atoms with Gasteiger partial charge in [-0.05, 0) is 27.7 Å². The first-order valence-corrected chi connectivity index (χ1v) is 7.13. The molecule has 0 bridgehead atoms. The molecule has 0 aliphatic carbocycles. The summed E-state index contributed by atoms with van der Waals surface area (Å²) in [6.45, 7) is 9.28. The van der Waals surface area contributed by atoms with Gasteiger partial charge in [0.2, 0.25) is 0 Å². The Morgan fingerprint density at radius 1 is 1.30 bits per heavy atom. The van der Waals surface area contributed by atoms with Crippen molar-refractivity contribution >= 4 is 30.1 Å². The topological polar surface area (TPSA) is 52.5 Å². The number of carbonyl (C=O) groups excluding carboxylic acids is 1. The Labute approximate surface area is 123 Å². The van der Waals surface area contributed by atoms with E-state index in [2.05, 4.69) is 5.32 Å². The van der Waals surface area contributed by atoms with Crippen LogP contribution in [0.4, 0.5) is 0 Å². The van der Waals surface area contributed by atoms with Crippen LogP contribution in [0.5, 0.6) is 0 Å². The van der Waals surface area contributed by atoms with Crippen LogP contribution >= 0.6 is 11.6 Å². The molecular formula is C13H18BClN2O3. The predicted molar refractivity (Wildman–Crippen MR) is 77.5 cm³/mol. The number of fused-ring (bicyclic) bond motifs is 1. The van der Waals surface area contributed by atoms with Crippen molar-refractivity contribution in [2.75, 3.05) is 6.54 Å². The van der Waals surface area contributed by atoms with E-state index in [1.165, 1.54) is 0 Å². The maximum absolute atomic E-state index is 11.9. The zero-order chi connectivity index (χ0) is 14.7. The molecule has 0 aromatic carbocycles. The number of rotatable bonds is 1. The zero-order valence-electron chi connectivity index (χ0n) is 12.1. The summed E-state index contributed by atoms with van der Waals surface area (Å²) < 4.78 is 13.8. The normalized spacial score (nSPS) is 23.6. The molecule has 20 heavy (non-hydrogen) atoms. The lowest BCUT2D eigenvalue weighted by atomic mass is 9.81. The summed E-state index contributed by atoms with van der Waals surface area (Å²) in [5.74, 6) is -0.149. The molecule has 1 aromatic heterocycles. The SMILES string of the molecule is CC1(C)OB(c2cn3c(c2Cl)C(=O)NCC3)OC1(C)C. The maximum Gasteiger partial charge on any atom is 0.497 e. The van der Waals surface area contributed by atoms with E-state index >= 15 is 0 Å². The van der Waals surface area contributed by atoms with Gasteiger partial charge in [-0.25, -0.2) is 0 Å². The summed E-state index contributed by atoms with van der Waals surface area (Å²) in [5, 5.41) is 3.21. The second-order valence-electron chi connectivity index (χ2n) is 6.28. The zero-order valence-corrected chi connectivity index (χ0v) is 12.9. The number of aromatic nitrogens is 1. The Hall–Kier alpha value is -0.975. The molecule has 3 heterocycles. The van der Waals surface area contributed by atoms with Gasteiger partial charge in [0.25, 0.3) is 5.91 Å². The fourth-order valence-electron chi connectivity index (χ4n) is 2.47. The number of halogens is 1. The van der Waals surface area contributed by atoms with E-state index in [0.717, 1.165) is 5.46 Å². The molecule has 1 fully saturated rings. The fourth-order valence-corrected chi connectivity index (χ4v) is 2.80. The molecule has 0 saturated carbocycles. The van der Waals surface area contributed by atoms with Gasteiger partial charge >= 0.3 is 7.12 Å². The predicted octanol–water partition coefficient (Wildman–Crippen LogP) is 1.18. The van der Waals surface area contributed by atoms with Crippen LogP contribution in [0.3, 0.4) is 0 Å². The molecule has 108 valence electrons. The number of amides is 1. The summed E-state index contributed by atoms with van der Waals surface area (Å²) in [5.41, 5.74) is 0.359. The third-order valence-corrected chi connectivity index (χ3v) is 4.80. The molecule has 7 heteroatoms. The Bertz CT molecular complexity index is 566. The second-order valence-corrected chi connectivity index (χ2v) is 6.66. The van der Waals surface area contributed by atoms with Crippen LogP contribution in [0.15, 0.2) is 6.20 Å². The van der Waals surface area contributed by atoms with Crippen LogP contribution in [-0.4, -0.2) is 35.3 Å². The lowest BCUT2D eigenvalue weighted by molar-refractivity contribution is 0.00578. The minimum absolute atomic E-state index is 0.149. The smallest absolute Gasteiger partial charge is 0.399 e. The first-order valence-electron chi connectivity index (χ1n) is 6.75. The van der Waals surface area contributed by atoms with Crippen LogP contribution in [-0.2, 0) is 15.9 Å². The van der Waals surface area contributed by atoms with Gasteiger partial charge in [-0.2, -0.15) is 0 Å². The molecule has 0 spiro atoms. The van der Waals surface area contributed by atoms with E-state index in [-0.39, 0.29) is 5.91 Å². The van der Waals surface area contributed by atoms with Crippen LogP contribution in [0, 0.1) is 0 Å². The molecule has 0 unspecified atom stereocenters. The summed E-state index contributed by atoms with van der Waals surface area (Å²) in [6, 6.07) is 0. The van der Waals surface area contributed by atoms with Gasteiger partial charge in [-0.1, -0.05) is 11.6 Å². The number of hydrogen-bond acceptors (Lipinski definition) is 3. The highest BCUT2D eigenvalue weighted by Gasteiger charge is 2.53. The first-order chi connectivity index (χ1) is 9.23.